The lowest BCUT2D eigenvalue weighted by Crippen LogP contribution is -2.41. The van der Waals surface area contributed by atoms with E-state index < -0.39 is 0 Å². The Morgan fingerprint density at radius 2 is 1.55 bits per heavy atom. The van der Waals surface area contributed by atoms with Crippen molar-refractivity contribution < 1.29 is 4.79 Å². The lowest BCUT2D eigenvalue weighted by atomic mass is 9.71. The highest BCUT2D eigenvalue weighted by Gasteiger charge is 2.35. The van der Waals surface area contributed by atoms with E-state index in [0.29, 0.717) is 18.4 Å². The van der Waals surface area contributed by atoms with Crippen LogP contribution < -0.4 is 11.1 Å². The predicted molar refractivity (Wildman–Crippen MR) is 83.4 cm³/mol. The molecule has 0 aromatic carbocycles. The average Bonchev–Trinajstić information content (AvgIpc) is 2.96. The first-order chi connectivity index (χ1) is 9.64. The summed E-state index contributed by atoms with van der Waals surface area (Å²) >= 11 is 0. The molecule has 2 aliphatic carbocycles. The third kappa shape index (κ3) is 3.75. The van der Waals surface area contributed by atoms with E-state index >= 15 is 0 Å². The molecular formula is C17H32N2O. The molecular weight excluding hydrogens is 248 g/mol. The maximum atomic E-state index is 12.3. The standard InChI is InChI=1S/C17H32N2O/c1-2-16(8-6-7-9-16)14-19-15(20)12-17(13-18)10-4-3-5-11-17/h2-14,18H2,1H3,(H,19,20). The quantitative estimate of drug-likeness (QED) is 0.783. The maximum Gasteiger partial charge on any atom is 0.220 e. The van der Waals surface area contributed by atoms with Crippen LogP contribution in [0.5, 0.6) is 0 Å². The molecule has 0 radical (unpaired) electrons. The Morgan fingerprint density at radius 3 is 2.10 bits per heavy atom. The Hall–Kier alpha value is -0.570. The second-order valence-electron chi connectivity index (χ2n) is 7.28. The van der Waals surface area contributed by atoms with Gasteiger partial charge in [0.2, 0.25) is 5.91 Å². The van der Waals surface area contributed by atoms with Crippen LogP contribution >= 0.6 is 0 Å². The molecule has 2 aliphatic rings. The predicted octanol–water partition coefficient (Wildman–Crippen LogP) is 3.37. The van der Waals surface area contributed by atoms with Crippen LogP contribution in [-0.2, 0) is 4.79 Å². The topological polar surface area (TPSA) is 55.1 Å². The van der Waals surface area contributed by atoms with Crippen molar-refractivity contribution in [3.8, 4) is 0 Å². The van der Waals surface area contributed by atoms with E-state index in [1.165, 1.54) is 51.4 Å². The molecule has 0 unspecified atom stereocenters. The van der Waals surface area contributed by atoms with Gasteiger partial charge in [0.25, 0.3) is 0 Å². The number of carbonyl (C=O) groups is 1. The molecule has 116 valence electrons. The van der Waals surface area contributed by atoms with Crippen molar-refractivity contribution in [2.45, 2.75) is 77.6 Å². The monoisotopic (exact) mass is 280 g/mol. The minimum absolute atomic E-state index is 0.0946. The maximum absolute atomic E-state index is 12.3. The molecule has 3 heteroatoms. The summed E-state index contributed by atoms with van der Waals surface area (Å²) in [6, 6.07) is 0. The van der Waals surface area contributed by atoms with Gasteiger partial charge in [0.05, 0.1) is 0 Å². The smallest absolute Gasteiger partial charge is 0.220 e. The van der Waals surface area contributed by atoms with Gasteiger partial charge in [-0.25, -0.2) is 0 Å². The molecule has 20 heavy (non-hydrogen) atoms. The fraction of sp³-hybridized carbons (Fsp3) is 0.941. The zero-order valence-electron chi connectivity index (χ0n) is 13.2. The van der Waals surface area contributed by atoms with Gasteiger partial charge >= 0.3 is 0 Å². The molecule has 0 heterocycles. The number of carbonyl (C=O) groups excluding carboxylic acids is 1. The zero-order chi connectivity index (χ0) is 14.5. The van der Waals surface area contributed by atoms with Gasteiger partial charge in [-0.1, -0.05) is 39.0 Å². The van der Waals surface area contributed by atoms with Gasteiger partial charge in [-0.05, 0) is 49.5 Å². The second-order valence-corrected chi connectivity index (χ2v) is 7.28. The van der Waals surface area contributed by atoms with E-state index in [1.807, 2.05) is 0 Å². The summed E-state index contributed by atoms with van der Waals surface area (Å²) in [4.78, 5) is 12.3. The van der Waals surface area contributed by atoms with Crippen LogP contribution in [-0.4, -0.2) is 19.0 Å². The van der Waals surface area contributed by atoms with Crippen molar-refractivity contribution in [2.24, 2.45) is 16.6 Å². The van der Waals surface area contributed by atoms with Gasteiger partial charge in [-0.2, -0.15) is 0 Å². The summed E-state index contributed by atoms with van der Waals surface area (Å²) < 4.78 is 0. The normalized spacial score (nSPS) is 24.5. The minimum atomic E-state index is 0.0946. The summed E-state index contributed by atoms with van der Waals surface area (Å²) in [5.74, 6) is 0.233. The highest BCUT2D eigenvalue weighted by molar-refractivity contribution is 5.76. The summed E-state index contributed by atoms with van der Waals surface area (Å²) in [7, 11) is 0. The van der Waals surface area contributed by atoms with Gasteiger partial charge in [0.15, 0.2) is 0 Å². The SMILES string of the molecule is CCC1(CNC(=O)CC2(CN)CCCCC2)CCCC1. The fourth-order valence-corrected chi connectivity index (χ4v) is 4.22. The zero-order valence-corrected chi connectivity index (χ0v) is 13.2. The number of hydrogen-bond acceptors (Lipinski definition) is 2. The van der Waals surface area contributed by atoms with E-state index in [1.54, 1.807) is 0 Å². The third-order valence-electron chi connectivity index (χ3n) is 5.96. The van der Waals surface area contributed by atoms with E-state index in [2.05, 4.69) is 12.2 Å². The van der Waals surface area contributed by atoms with E-state index in [9.17, 15) is 4.79 Å². The molecule has 3 nitrogen and oxygen atoms in total. The van der Waals surface area contributed by atoms with Crippen molar-refractivity contribution in [3.05, 3.63) is 0 Å². The van der Waals surface area contributed by atoms with Crippen molar-refractivity contribution in [3.63, 3.8) is 0 Å². The van der Waals surface area contributed by atoms with Crippen LogP contribution in [0.3, 0.4) is 0 Å². The summed E-state index contributed by atoms with van der Waals surface area (Å²) in [6.07, 6.45) is 13.1. The number of nitrogens with one attached hydrogen (secondary N) is 1. The van der Waals surface area contributed by atoms with Crippen molar-refractivity contribution in [1.82, 2.24) is 5.32 Å². The van der Waals surface area contributed by atoms with Crippen LogP contribution in [0.4, 0.5) is 0 Å². The van der Waals surface area contributed by atoms with E-state index in [0.717, 1.165) is 19.4 Å². The summed E-state index contributed by atoms with van der Waals surface area (Å²) in [6.45, 7) is 3.81. The molecule has 0 aromatic rings. The van der Waals surface area contributed by atoms with Gasteiger partial charge in [0.1, 0.15) is 0 Å². The lowest BCUT2D eigenvalue weighted by Gasteiger charge is -2.36. The Bertz CT molecular complexity index is 315. The molecule has 3 N–H and O–H groups in total. The highest BCUT2D eigenvalue weighted by atomic mass is 16.1. The molecule has 0 spiro atoms. The molecule has 2 saturated carbocycles. The molecule has 1 amide bonds. The first-order valence-electron chi connectivity index (χ1n) is 8.61. The first kappa shape index (κ1) is 15.8. The van der Waals surface area contributed by atoms with Crippen molar-refractivity contribution in [1.29, 1.82) is 0 Å². The largest absolute Gasteiger partial charge is 0.356 e. The van der Waals surface area contributed by atoms with Gasteiger partial charge < -0.3 is 11.1 Å². The van der Waals surface area contributed by atoms with E-state index in [-0.39, 0.29) is 11.3 Å². The van der Waals surface area contributed by atoms with Crippen LogP contribution in [0, 0.1) is 10.8 Å². The molecule has 0 saturated heterocycles. The number of amides is 1. The second kappa shape index (κ2) is 6.93. The molecule has 0 aromatic heterocycles. The molecule has 2 fully saturated rings. The lowest BCUT2D eigenvalue weighted by molar-refractivity contribution is -0.124. The van der Waals surface area contributed by atoms with Crippen molar-refractivity contribution in [2.75, 3.05) is 13.1 Å². The van der Waals surface area contributed by atoms with Crippen LogP contribution in [0.25, 0.3) is 0 Å². The summed E-state index contributed by atoms with van der Waals surface area (Å²) in [5.41, 5.74) is 6.46. The van der Waals surface area contributed by atoms with Gasteiger partial charge in [-0.3, -0.25) is 4.79 Å². The number of rotatable bonds is 6. The number of nitrogens with two attached hydrogens (primary N) is 1. The number of hydrogen-bond donors (Lipinski definition) is 2. The van der Waals surface area contributed by atoms with Crippen LogP contribution in [0.1, 0.15) is 77.6 Å². The van der Waals surface area contributed by atoms with Gasteiger partial charge in [-0.15, -0.1) is 0 Å². The Kier molecular flexibility index (Phi) is 5.48. The molecule has 0 bridgehead atoms. The Morgan fingerprint density at radius 1 is 1.00 bits per heavy atom. The molecule has 2 rings (SSSR count). The first-order valence-corrected chi connectivity index (χ1v) is 8.61. The molecule has 0 aliphatic heterocycles. The Balaban J connectivity index is 1.82. The minimum Gasteiger partial charge on any atom is -0.356 e. The third-order valence-corrected chi connectivity index (χ3v) is 5.96. The van der Waals surface area contributed by atoms with Crippen molar-refractivity contribution >= 4 is 5.91 Å². The van der Waals surface area contributed by atoms with E-state index in [4.69, 9.17) is 5.73 Å². The average molecular weight is 280 g/mol. The summed E-state index contributed by atoms with van der Waals surface area (Å²) in [5, 5.41) is 3.23. The van der Waals surface area contributed by atoms with Crippen LogP contribution in [0.2, 0.25) is 0 Å². The van der Waals surface area contributed by atoms with Gasteiger partial charge in [0, 0.05) is 13.0 Å². The van der Waals surface area contributed by atoms with Crippen LogP contribution in [0.15, 0.2) is 0 Å². The Labute approximate surface area is 124 Å². The molecule has 0 atom stereocenters. The fourth-order valence-electron chi connectivity index (χ4n) is 4.22. The highest BCUT2D eigenvalue weighted by Crippen LogP contribution is 2.41.